The number of aryl methyl sites for hydroxylation is 2. The van der Waals surface area contributed by atoms with Crippen molar-refractivity contribution in [2.75, 3.05) is 0 Å². The molecule has 0 spiro atoms. The van der Waals surface area contributed by atoms with Gasteiger partial charge in [-0.3, -0.25) is 0 Å². The third-order valence-electron chi connectivity index (χ3n) is 2.83. The Morgan fingerprint density at radius 3 is 2.41 bits per heavy atom. The van der Waals surface area contributed by atoms with E-state index >= 15 is 0 Å². The Morgan fingerprint density at radius 1 is 1.24 bits per heavy atom. The molecular formula is C14H15NO2. The largest absolute Gasteiger partial charge is 0.478 e. The minimum Gasteiger partial charge on any atom is -0.478 e. The van der Waals surface area contributed by atoms with Crippen molar-refractivity contribution in [1.82, 2.24) is 4.57 Å². The van der Waals surface area contributed by atoms with Gasteiger partial charge in [-0.15, -0.1) is 0 Å². The fourth-order valence-electron chi connectivity index (χ4n) is 1.79. The van der Waals surface area contributed by atoms with Gasteiger partial charge in [0.2, 0.25) is 0 Å². The lowest BCUT2D eigenvalue weighted by atomic mass is 10.1. The van der Waals surface area contributed by atoms with Crippen LogP contribution in [-0.2, 0) is 6.54 Å². The zero-order chi connectivity index (χ0) is 12.4. The minimum absolute atomic E-state index is 0.342. The van der Waals surface area contributed by atoms with Gasteiger partial charge in [-0.05, 0) is 25.5 Å². The van der Waals surface area contributed by atoms with E-state index < -0.39 is 5.97 Å². The lowest BCUT2D eigenvalue weighted by molar-refractivity contribution is 0.0697. The Kier molecular flexibility index (Phi) is 3.00. The van der Waals surface area contributed by atoms with E-state index in [1.165, 1.54) is 11.1 Å². The Balaban J connectivity index is 2.24. The maximum Gasteiger partial charge on any atom is 0.337 e. The molecule has 0 amide bonds. The van der Waals surface area contributed by atoms with Gasteiger partial charge in [0.15, 0.2) is 0 Å². The van der Waals surface area contributed by atoms with E-state index in [1.807, 2.05) is 18.4 Å². The highest BCUT2D eigenvalue weighted by molar-refractivity contribution is 5.87. The number of carbonyl (C=O) groups is 1. The predicted octanol–water partition coefficient (Wildman–Crippen LogP) is 2.85. The Bertz CT molecular complexity index is 538. The smallest absolute Gasteiger partial charge is 0.337 e. The summed E-state index contributed by atoms with van der Waals surface area (Å²) < 4.78 is 1.95. The number of aromatic nitrogens is 1. The van der Waals surface area contributed by atoms with Gasteiger partial charge in [-0.25, -0.2) is 4.79 Å². The van der Waals surface area contributed by atoms with Crippen LogP contribution in [0.5, 0.6) is 0 Å². The first-order valence-electron chi connectivity index (χ1n) is 5.52. The molecule has 3 heteroatoms. The summed E-state index contributed by atoms with van der Waals surface area (Å²) in [5.41, 5.74) is 3.70. The van der Waals surface area contributed by atoms with Gasteiger partial charge >= 0.3 is 5.97 Å². The predicted molar refractivity (Wildman–Crippen MR) is 66.4 cm³/mol. The Hall–Kier alpha value is -2.03. The molecule has 3 nitrogen and oxygen atoms in total. The molecule has 0 aliphatic rings. The molecule has 1 aromatic heterocycles. The molecule has 0 unspecified atom stereocenters. The Labute approximate surface area is 100 Å². The van der Waals surface area contributed by atoms with Crippen molar-refractivity contribution in [3.05, 3.63) is 58.9 Å². The van der Waals surface area contributed by atoms with Crippen LogP contribution < -0.4 is 0 Å². The summed E-state index contributed by atoms with van der Waals surface area (Å²) in [6.45, 7) is 4.67. The number of carboxylic acids is 1. The van der Waals surface area contributed by atoms with Crippen LogP contribution in [0.3, 0.4) is 0 Å². The number of aromatic carboxylic acids is 1. The zero-order valence-corrected chi connectivity index (χ0v) is 9.97. The summed E-state index contributed by atoms with van der Waals surface area (Å²) in [6, 6.07) is 9.94. The normalized spacial score (nSPS) is 10.5. The number of rotatable bonds is 3. The fraction of sp³-hybridized carbons (Fsp3) is 0.214. The second-order valence-electron chi connectivity index (χ2n) is 4.29. The van der Waals surface area contributed by atoms with Crippen molar-refractivity contribution in [2.24, 2.45) is 0 Å². The highest BCUT2D eigenvalue weighted by Crippen LogP contribution is 2.12. The summed E-state index contributed by atoms with van der Waals surface area (Å²) in [7, 11) is 0. The molecule has 0 atom stereocenters. The first kappa shape index (κ1) is 11.5. The van der Waals surface area contributed by atoms with Crippen LogP contribution in [0.25, 0.3) is 0 Å². The monoisotopic (exact) mass is 229 g/mol. The lowest BCUT2D eigenvalue weighted by Gasteiger charge is -2.06. The standard InChI is InChI=1S/C14H15NO2/c1-10-3-5-12(6-4-10)8-15-9-13(14(16)17)7-11(15)2/h3-7,9H,8H2,1-2H3,(H,16,17). The summed E-state index contributed by atoms with van der Waals surface area (Å²) in [5, 5.41) is 8.91. The van der Waals surface area contributed by atoms with Gasteiger partial charge < -0.3 is 9.67 Å². The van der Waals surface area contributed by atoms with Gasteiger partial charge in [0, 0.05) is 18.4 Å². The molecule has 0 aliphatic carbocycles. The maximum atomic E-state index is 10.9. The maximum absolute atomic E-state index is 10.9. The van der Waals surface area contributed by atoms with Crippen LogP contribution in [-0.4, -0.2) is 15.6 Å². The number of hydrogen-bond acceptors (Lipinski definition) is 1. The van der Waals surface area contributed by atoms with Crippen molar-refractivity contribution in [3.8, 4) is 0 Å². The van der Waals surface area contributed by atoms with E-state index in [-0.39, 0.29) is 0 Å². The second-order valence-corrected chi connectivity index (χ2v) is 4.29. The van der Waals surface area contributed by atoms with Crippen molar-refractivity contribution < 1.29 is 9.90 Å². The molecular weight excluding hydrogens is 214 g/mol. The minimum atomic E-state index is -0.879. The van der Waals surface area contributed by atoms with Crippen molar-refractivity contribution >= 4 is 5.97 Å². The Morgan fingerprint density at radius 2 is 1.88 bits per heavy atom. The first-order chi connectivity index (χ1) is 8.06. The van der Waals surface area contributed by atoms with Crippen molar-refractivity contribution in [3.63, 3.8) is 0 Å². The van der Waals surface area contributed by atoms with Gasteiger partial charge in [0.25, 0.3) is 0 Å². The van der Waals surface area contributed by atoms with Gasteiger partial charge in [-0.2, -0.15) is 0 Å². The molecule has 0 fully saturated rings. The number of carboxylic acid groups (broad SMARTS) is 1. The third-order valence-corrected chi connectivity index (χ3v) is 2.83. The van der Waals surface area contributed by atoms with Crippen LogP contribution in [0.4, 0.5) is 0 Å². The van der Waals surface area contributed by atoms with Crippen molar-refractivity contribution in [2.45, 2.75) is 20.4 Å². The molecule has 1 N–H and O–H groups in total. The second kappa shape index (κ2) is 4.45. The van der Waals surface area contributed by atoms with E-state index in [0.29, 0.717) is 12.1 Å². The molecule has 88 valence electrons. The van der Waals surface area contributed by atoms with Crippen LogP contribution in [0.15, 0.2) is 36.5 Å². The molecule has 17 heavy (non-hydrogen) atoms. The molecule has 0 bridgehead atoms. The summed E-state index contributed by atoms with van der Waals surface area (Å²) in [6.07, 6.45) is 1.68. The number of nitrogens with zero attached hydrogens (tertiary/aromatic N) is 1. The summed E-state index contributed by atoms with van der Waals surface area (Å²) >= 11 is 0. The van der Waals surface area contributed by atoms with Gasteiger partial charge in [0.05, 0.1) is 5.56 Å². The third kappa shape index (κ3) is 2.56. The van der Waals surface area contributed by atoms with Gasteiger partial charge in [0.1, 0.15) is 0 Å². The average molecular weight is 229 g/mol. The number of hydrogen-bond donors (Lipinski definition) is 1. The molecule has 0 saturated heterocycles. The SMILES string of the molecule is Cc1ccc(Cn2cc(C(=O)O)cc2C)cc1. The zero-order valence-electron chi connectivity index (χ0n) is 9.97. The molecule has 2 aromatic rings. The first-order valence-corrected chi connectivity index (χ1v) is 5.52. The topological polar surface area (TPSA) is 42.2 Å². The van der Waals surface area contributed by atoms with Crippen LogP contribution >= 0.6 is 0 Å². The lowest BCUT2D eigenvalue weighted by Crippen LogP contribution is -2.00. The van der Waals surface area contributed by atoms with Crippen LogP contribution in [0.2, 0.25) is 0 Å². The molecule has 2 rings (SSSR count). The van der Waals surface area contributed by atoms with Crippen molar-refractivity contribution in [1.29, 1.82) is 0 Å². The highest BCUT2D eigenvalue weighted by atomic mass is 16.4. The van der Waals surface area contributed by atoms with E-state index in [1.54, 1.807) is 12.3 Å². The number of benzene rings is 1. The van der Waals surface area contributed by atoms with E-state index in [4.69, 9.17) is 5.11 Å². The molecule has 1 aromatic carbocycles. The fourth-order valence-corrected chi connectivity index (χ4v) is 1.79. The quantitative estimate of drug-likeness (QED) is 0.879. The van der Waals surface area contributed by atoms with E-state index in [9.17, 15) is 4.79 Å². The van der Waals surface area contributed by atoms with E-state index in [0.717, 1.165) is 5.69 Å². The summed E-state index contributed by atoms with van der Waals surface area (Å²) in [5.74, 6) is -0.879. The summed E-state index contributed by atoms with van der Waals surface area (Å²) in [4.78, 5) is 10.9. The molecule has 0 radical (unpaired) electrons. The molecule has 0 aliphatic heterocycles. The molecule has 0 saturated carbocycles. The van der Waals surface area contributed by atoms with Crippen LogP contribution in [0.1, 0.15) is 27.2 Å². The highest BCUT2D eigenvalue weighted by Gasteiger charge is 2.08. The average Bonchev–Trinajstić information content (AvgIpc) is 2.64. The van der Waals surface area contributed by atoms with Gasteiger partial charge in [-0.1, -0.05) is 29.8 Å². The van der Waals surface area contributed by atoms with Crippen LogP contribution in [0, 0.1) is 13.8 Å². The van der Waals surface area contributed by atoms with E-state index in [2.05, 4.69) is 24.3 Å². The molecule has 1 heterocycles.